The first-order valence-corrected chi connectivity index (χ1v) is 9.98. The first kappa shape index (κ1) is 22.4. The normalized spacial score (nSPS) is 10.4. The van der Waals surface area contributed by atoms with Crippen LogP contribution in [0.1, 0.15) is 0 Å². The number of ether oxygens (including phenoxy) is 7. The lowest BCUT2D eigenvalue weighted by Crippen LogP contribution is -2.00. The van der Waals surface area contributed by atoms with E-state index in [1.807, 2.05) is 18.2 Å². The van der Waals surface area contributed by atoms with Crippen LogP contribution in [-0.2, 0) is 0 Å². The van der Waals surface area contributed by atoms with E-state index in [9.17, 15) is 0 Å². The van der Waals surface area contributed by atoms with Crippen LogP contribution in [0.4, 0.5) is 0 Å². The second kappa shape index (κ2) is 9.65. The highest BCUT2D eigenvalue weighted by molar-refractivity contribution is 7.10. The Hall–Kier alpha value is -3.33. The third kappa shape index (κ3) is 3.88. The molecule has 2 aromatic carbocycles. The van der Waals surface area contributed by atoms with E-state index in [1.165, 1.54) is 11.5 Å². The van der Waals surface area contributed by atoms with E-state index in [0.717, 1.165) is 21.6 Å². The highest BCUT2D eigenvalue weighted by Gasteiger charge is 2.26. The molecule has 0 radical (unpaired) electrons. The summed E-state index contributed by atoms with van der Waals surface area (Å²) in [5, 5.41) is 0. The minimum Gasteiger partial charge on any atom is -0.493 e. The van der Waals surface area contributed by atoms with Gasteiger partial charge in [-0.15, -0.1) is 0 Å². The van der Waals surface area contributed by atoms with Crippen molar-refractivity contribution >= 4 is 11.5 Å². The van der Waals surface area contributed by atoms with Crippen LogP contribution >= 0.6 is 11.5 Å². The average molecular weight is 448 g/mol. The Morgan fingerprint density at radius 2 is 1.06 bits per heavy atom. The monoisotopic (exact) mass is 447 g/mol. The summed E-state index contributed by atoms with van der Waals surface area (Å²) in [6.07, 6.45) is 1.77. The van der Waals surface area contributed by atoms with Gasteiger partial charge in [-0.05, 0) is 29.7 Å². The molecule has 0 aliphatic carbocycles. The van der Waals surface area contributed by atoms with E-state index in [0.29, 0.717) is 40.2 Å². The Morgan fingerprint density at radius 3 is 1.55 bits per heavy atom. The molecule has 0 amide bonds. The van der Waals surface area contributed by atoms with Gasteiger partial charge in [-0.2, -0.15) is 4.37 Å². The van der Waals surface area contributed by atoms with Crippen LogP contribution < -0.4 is 33.2 Å². The Bertz CT molecular complexity index is 1040. The van der Waals surface area contributed by atoms with Crippen LogP contribution in [0.2, 0.25) is 0 Å². The van der Waals surface area contributed by atoms with Gasteiger partial charge in [-0.1, -0.05) is 0 Å². The Morgan fingerprint density at radius 1 is 0.548 bits per heavy atom. The number of benzene rings is 2. The fourth-order valence-corrected chi connectivity index (χ4v) is 4.13. The Balaban J connectivity index is 2.28. The quantitative estimate of drug-likeness (QED) is 0.473. The van der Waals surface area contributed by atoms with Gasteiger partial charge in [0.1, 0.15) is 0 Å². The van der Waals surface area contributed by atoms with Crippen LogP contribution in [-0.4, -0.2) is 54.1 Å². The van der Waals surface area contributed by atoms with Gasteiger partial charge in [0.25, 0.3) is 0 Å². The number of hydrogen-bond acceptors (Lipinski definition) is 9. The van der Waals surface area contributed by atoms with Crippen LogP contribution in [0.3, 0.4) is 0 Å². The third-order valence-corrected chi connectivity index (χ3v) is 5.63. The van der Waals surface area contributed by atoms with Gasteiger partial charge in [-0.25, -0.2) is 0 Å². The molecule has 0 fully saturated rings. The van der Waals surface area contributed by atoms with Crippen molar-refractivity contribution in [2.75, 3.05) is 49.8 Å². The van der Waals surface area contributed by atoms with E-state index in [2.05, 4.69) is 4.37 Å². The molecule has 0 bridgehead atoms. The smallest absolute Gasteiger partial charge is 0.207 e. The van der Waals surface area contributed by atoms with E-state index in [-0.39, 0.29) is 0 Å². The van der Waals surface area contributed by atoms with Gasteiger partial charge in [0.05, 0.1) is 54.6 Å². The second-order valence-corrected chi connectivity index (χ2v) is 7.01. The van der Waals surface area contributed by atoms with Gasteiger partial charge in [-0.3, -0.25) is 0 Å². The molecular weight excluding hydrogens is 422 g/mol. The summed E-state index contributed by atoms with van der Waals surface area (Å²) >= 11 is 1.34. The van der Waals surface area contributed by atoms with Gasteiger partial charge >= 0.3 is 0 Å². The standard InChI is InChI=1S/C22H25NO7S/c1-24-15-8-12(9-16(25-2)19(15)28-5)22-14(11-23-31-22)13-10-17(26-3)20(29-6)21(30-7)18(13)27-4/h8-11H,1-7H3. The first-order valence-electron chi connectivity index (χ1n) is 9.20. The van der Waals surface area contributed by atoms with Crippen molar-refractivity contribution in [3.05, 3.63) is 24.4 Å². The minimum atomic E-state index is 0.432. The number of methoxy groups -OCH3 is 7. The number of rotatable bonds is 9. The molecular formula is C22H25NO7S. The maximum atomic E-state index is 5.70. The molecule has 0 unspecified atom stereocenters. The summed E-state index contributed by atoms with van der Waals surface area (Å²) in [5.74, 6) is 3.52. The SMILES string of the molecule is COc1cc(-c2sncc2-c2cc(OC)c(OC)c(OC)c2OC)cc(OC)c1OC. The summed E-state index contributed by atoms with van der Waals surface area (Å²) in [6.45, 7) is 0. The van der Waals surface area contributed by atoms with Gasteiger partial charge < -0.3 is 33.2 Å². The number of aromatic nitrogens is 1. The highest BCUT2D eigenvalue weighted by Crippen LogP contribution is 2.52. The molecule has 0 aliphatic heterocycles. The zero-order valence-electron chi connectivity index (χ0n) is 18.5. The topological polar surface area (TPSA) is 77.5 Å². The summed E-state index contributed by atoms with van der Waals surface area (Å²) in [7, 11) is 11.0. The van der Waals surface area contributed by atoms with Crippen molar-refractivity contribution in [1.29, 1.82) is 0 Å². The molecule has 31 heavy (non-hydrogen) atoms. The minimum absolute atomic E-state index is 0.432. The predicted octanol–water partition coefficient (Wildman–Crippen LogP) is 4.54. The van der Waals surface area contributed by atoms with Gasteiger partial charge in [0, 0.05) is 22.9 Å². The lowest BCUT2D eigenvalue weighted by Gasteiger charge is -2.19. The fraction of sp³-hybridized carbons (Fsp3) is 0.318. The molecule has 8 nitrogen and oxygen atoms in total. The van der Waals surface area contributed by atoms with Crippen molar-refractivity contribution in [1.82, 2.24) is 4.37 Å². The molecule has 0 N–H and O–H groups in total. The molecule has 1 heterocycles. The maximum Gasteiger partial charge on any atom is 0.207 e. The van der Waals surface area contributed by atoms with Crippen molar-refractivity contribution < 1.29 is 33.2 Å². The Labute approximate surface area is 185 Å². The molecule has 0 saturated heterocycles. The van der Waals surface area contributed by atoms with Crippen LogP contribution in [0.5, 0.6) is 40.2 Å². The van der Waals surface area contributed by atoms with Crippen molar-refractivity contribution in [3.63, 3.8) is 0 Å². The second-order valence-electron chi connectivity index (χ2n) is 6.21. The molecule has 0 atom stereocenters. The molecule has 166 valence electrons. The number of nitrogens with zero attached hydrogens (tertiary/aromatic N) is 1. The van der Waals surface area contributed by atoms with E-state index >= 15 is 0 Å². The molecule has 0 aliphatic rings. The molecule has 1 aromatic heterocycles. The fourth-order valence-electron chi connectivity index (χ4n) is 3.38. The van der Waals surface area contributed by atoms with Gasteiger partial charge in [0.2, 0.25) is 17.2 Å². The molecule has 0 spiro atoms. The largest absolute Gasteiger partial charge is 0.493 e. The van der Waals surface area contributed by atoms with E-state index < -0.39 is 0 Å². The van der Waals surface area contributed by atoms with Crippen molar-refractivity contribution in [3.8, 4) is 61.8 Å². The van der Waals surface area contributed by atoms with Gasteiger partial charge in [0.15, 0.2) is 23.0 Å². The summed E-state index contributed by atoms with van der Waals surface area (Å²) < 4.78 is 43.2. The first-order chi connectivity index (χ1) is 15.1. The average Bonchev–Trinajstić information content (AvgIpc) is 3.30. The maximum absolute atomic E-state index is 5.70. The molecule has 3 aromatic rings. The van der Waals surface area contributed by atoms with Crippen LogP contribution in [0.15, 0.2) is 24.4 Å². The lowest BCUT2D eigenvalue weighted by atomic mass is 10.0. The molecule has 0 saturated carbocycles. The lowest BCUT2D eigenvalue weighted by molar-refractivity contribution is 0.306. The summed E-state index contributed by atoms with van der Waals surface area (Å²) in [4.78, 5) is 0.881. The third-order valence-electron chi connectivity index (χ3n) is 4.78. The summed E-state index contributed by atoms with van der Waals surface area (Å²) in [6, 6.07) is 5.59. The van der Waals surface area contributed by atoms with E-state index in [1.54, 1.807) is 56.0 Å². The van der Waals surface area contributed by atoms with Crippen LogP contribution in [0.25, 0.3) is 21.6 Å². The zero-order chi connectivity index (χ0) is 22.5. The van der Waals surface area contributed by atoms with Crippen molar-refractivity contribution in [2.24, 2.45) is 0 Å². The van der Waals surface area contributed by atoms with Crippen LogP contribution in [0, 0.1) is 0 Å². The highest BCUT2D eigenvalue weighted by atomic mass is 32.1. The molecule has 9 heteroatoms. The Kier molecular flexibility index (Phi) is 6.96. The van der Waals surface area contributed by atoms with E-state index in [4.69, 9.17) is 33.2 Å². The number of hydrogen-bond donors (Lipinski definition) is 0. The zero-order valence-corrected chi connectivity index (χ0v) is 19.3. The summed E-state index contributed by atoms with van der Waals surface area (Å²) in [5.41, 5.74) is 2.42. The molecule has 3 rings (SSSR count). The van der Waals surface area contributed by atoms with Crippen molar-refractivity contribution in [2.45, 2.75) is 0 Å². The predicted molar refractivity (Wildman–Crippen MR) is 119 cm³/mol.